The summed E-state index contributed by atoms with van der Waals surface area (Å²) in [7, 11) is 0. The average Bonchev–Trinajstić information content (AvgIpc) is 2.32. The minimum Gasteiger partial charge on any atom is -0.313 e. The van der Waals surface area contributed by atoms with Crippen LogP contribution in [0.1, 0.15) is 43.7 Å². The van der Waals surface area contributed by atoms with Gasteiger partial charge >= 0.3 is 6.18 Å². The molecule has 1 nitrogen and oxygen atoms in total. The van der Waals surface area contributed by atoms with Gasteiger partial charge in [-0.05, 0) is 36.7 Å². The number of hydrogen-bond acceptors (Lipinski definition) is 1. The van der Waals surface area contributed by atoms with Crippen LogP contribution < -0.4 is 5.32 Å². The van der Waals surface area contributed by atoms with Crippen LogP contribution >= 0.6 is 0 Å². The molecule has 0 aromatic heterocycles. The first kappa shape index (κ1) is 16.0. The maximum absolute atomic E-state index is 13.1. The molecule has 5 heteroatoms. The highest BCUT2D eigenvalue weighted by atomic mass is 19.4. The van der Waals surface area contributed by atoms with Crippen LogP contribution in [0.5, 0.6) is 0 Å². The topological polar surface area (TPSA) is 12.0 Å². The van der Waals surface area contributed by atoms with Crippen LogP contribution in [0, 0.1) is 5.82 Å². The molecule has 1 aromatic carbocycles. The van der Waals surface area contributed by atoms with Crippen LogP contribution in [0.4, 0.5) is 17.6 Å². The van der Waals surface area contributed by atoms with Crippen molar-refractivity contribution in [2.75, 3.05) is 6.54 Å². The van der Waals surface area contributed by atoms with E-state index in [4.69, 9.17) is 0 Å². The molecule has 0 aliphatic heterocycles. The standard InChI is InChI=1S/C14H19F4N/c1-2-3-4-5-6-19-10-11-7-12(14(16,17)18)9-13(15)8-11/h7-9,19H,2-6,10H2,1H3. The molecule has 0 heterocycles. The number of unbranched alkanes of at least 4 members (excludes halogenated alkanes) is 3. The molecule has 0 spiro atoms. The van der Waals surface area contributed by atoms with E-state index in [2.05, 4.69) is 12.2 Å². The lowest BCUT2D eigenvalue weighted by Gasteiger charge is -2.10. The lowest BCUT2D eigenvalue weighted by atomic mass is 10.1. The maximum Gasteiger partial charge on any atom is 0.416 e. The molecule has 1 N–H and O–H groups in total. The monoisotopic (exact) mass is 277 g/mol. The summed E-state index contributed by atoms with van der Waals surface area (Å²) in [6, 6.07) is 2.64. The first-order valence-electron chi connectivity index (χ1n) is 6.51. The van der Waals surface area contributed by atoms with Crippen molar-refractivity contribution in [3.05, 3.63) is 35.1 Å². The van der Waals surface area contributed by atoms with Gasteiger partial charge in [0.1, 0.15) is 5.82 Å². The third kappa shape index (κ3) is 6.05. The Hall–Kier alpha value is -1.10. The normalized spacial score (nSPS) is 11.8. The van der Waals surface area contributed by atoms with Crippen molar-refractivity contribution in [3.8, 4) is 0 Å². The molecule has 108 valence electrons. The summed E-state index contributed by atoms with van der Waals surface area (Å²) >= 11 is 0. The van der Waals surface area contributed by atoms with Gasteiger partial charge in [0.15, 0.2) is 0 Å². The molecule has 0 unspecified atom stereocenters. The van der Waals surface area contributed by atoms with Crippen LogP contribution in [-0.4, -0.2) is 6.54 Å². The van der Waals surface area contributed by atoms with E-state index in [0.29, 0.717) is 11.6 Å². The zero-order valence-electron chi connectivity index (χ0n) is 11.0. The van der Waals surface area contributed by atoms with Gasteiger partial charge in [0.2, 0.25) is 0 Å². The second-order valence-corrected chi connectivity index (χ2v) is 4.58. The van der Waals surface area contributed by atoms with Gasteiger partial charge in [-0.25, -0.2) is 4.39 Å². The van der Waals surface area contributed by atoms with Gasteiger partial charge in [-0.3, -0.25) is 0 Å². The summed E-state index contributed by atoms with van der Waals surface area (Å²) in [6.45, 7) is 3.10. The molecule has 1 aromatic rings. The fourth-order valence-electron chi connectivity index (χ4n) is 1.83. The third-order valence-corrected chi connectivity index (χ3v) is 2.82. The van der Waals surface area contributed by atoms with E-state index in [1.807, 2.05) is 0 Å². The zero-order chi connectivity index (χ0) is 14.3. The van der Waals surface area contributed by atoms with E-state index < -0.39 is 17.6 Å². The number of halogens is 4. The molecule has 0 bridgehead atoms. The molecule has 1 rings (SSSR count). The fourth-order valence-corrected chi connectivity index (χ4v) is 1.83. The minimum atomic E-state index is -4.50. The lowest BCUT2D eigenvalue weighted by molar-refractivity contribution is -0.137. The highest BCUT2D eigenvalue weighted by molar-refractivity contribution is 5.26. The van der Waals surface area contributed by atoms with Crippen molar-refractivity contribution in [3.63, 3.8) is 0 Å². The van der Waals surface area contributed by atoms with Gasteiger partial charge in [-0.2, -0.15) is 13.2 Å². The summed E-state index contributed by atoms with van der Waals surface area (Å²) in [5, 5.41) is 3.03. The van der Waals surface area contributed by atoms with Gasteiger partial charge in [0.25, 0.3) is 0 Å². The molecular weight excluding hydrogens is 258 g/mol. The molecule has 0 radical (unpaired) electrons. The first-order valence-corrected chi connectivity index (χ1v) is 6.51. The summed E-state index contributed by atoms with van der Waals surface area (Å²) in [6.07, 6.45) is -0.133. The van der Waals surface area contributed by atoms with Crippen LogP contribution in [0.3, 0.4) is 0 Å². The van der Waals surface area contributed by atoms with Crippen molar-refractivity contribution in [1.29, 1.82) is 0 Å². The number of hydrogen-bond donors (Lipinski definition) is 1. The SMILES string of the molecule is CCCCCCNCc1cc(F)cc(C(F)(F)F)c1. The second kappa shape index (κ2) is 7.48. The Labute approximate surface area is 111 Å². The summed E-state index contributed by atoms with van der Waals surface area (Å²) in [5.74, 6) is -0.849. The van der Waals surface area contributed by atoms with Gasteiger partial charge in [0.05, 0.1) is 5.56 Å². The van der Waals surface area contributed by atoms with Crippen molar-refractivity contribution in [1.82, 2.24) is 5.32 Å². The Bertz CT molecular complexity index is 388. The molecule has 0 saturated heterocycles. The average molecular weight is 277 g/mol. The third-order valence-electron chi connectivity index (χ3n) is 2.82. The Morgan fingerprint density at radius 1 is 1.05 bits per heavy atom. The highest BCUT2D eigenvalue weighted by Gasteiger charge is 2.31. The van der Waals surface area contributed by atoms with Crippen LogP contribution in [0.2, 0.25) is 0 Å². The van der Waals surface area contributed by atoms with E-state index in [9.17, 15) is 17.6 Å². The van der Waals surface area contributed by atoms with E-state index in [-0.39, 0.29) is 6.54 Å². The fraction of sp³-hybridized carbons (Fsp3) is 0.571. The van der Waals surface area contributed by atoms with Crippen LogP contribution in [-0.2, 0) is 12.7 Å². The molecular formula is C14H19F4N. The number of alkyl halides is 3. The molecule has 0 aliphatic carbocycles. The largest absolute Gasteiger partial charge is 0.416 e. The molecule has 0 fully saturated rings. The molecule has 0 amide bonds. The molecule has 19 heavy (non-hydrogen) atoms. The van der Waals surface area contributed by atoms with Crippen molar-refractivity contribution in [2.45, 2.75) is 45.3 Å². The van der Waals surface area contributed by atoms with E-state index in [1.165, 1.54) is 0 Å². The Balaban J connectivity index is 2.48. The Morgan fingerprint density at radius 3 is 2.42 bits per heavy atom. The summed E-state index contributed by atoms with van der Waals surface area (Å²) in [5.41, 5.74) is -0.613. The van der Waals surface area contributed by atoms with Crippen LogP contribution in [0.25, 0.3) is 0 Å². The van der Waals surface area contributed by atoms with Gasteiger partial charge in [-0.15, -0.1) is 0 Å². The first-order chi connectivity index (χ1) is 8.93. The second-order valence-electron chi connectivity index (χ2n) is 4.58. The highest BCUT2D eigenvalue weighted by Crippen LogP contribution is 2.30. The Kier molecular flexibility index (Phi) is 6.28. The van der Waals surface area contributed by atoms with Crippen LogP contribution in [0.15, 0.2) is 18.2 Å². The predicted molar refractivity (Wildman–Crippen MR) is 67.3 cm³/mol. The van der Waals surface area contributed by atoms with Gasteiger partial charge < -0.3 is 5.32 Å². The zero-order valence-corrected chi connectivity index (χ0v) is 11.0. The lowest BCUT2D eigenvalue weighted by Crippen LogP contribution is -2.16. The summed E-state index contributed by atoms with van der Waals surface area (Å²) in [4.78, 5) is 0. The molecule has 0 atom stereocenters. The van der Waals surface area contributed by atoms with Crippen molar-refractivity contribution >= 4 is 0 Å². The molecule has 0 aliphatic rings. The van der Waals surface area contributed by atoms with E-state index >= 15 is 0 Å². The van der Waals surface area contributed by atoms with Crippen molar-refractivity contribution in [2.24, 2.45) is 0 Å². The smallest absolute Gasteiger partial charge is 0.313 e. The molecule has 0 saturated carbocycles. The van der Waals surface area contributed by atoms with E-state index in [1.54, 1.807) is 0 Å². The maximum atomic E-state index is 13.1. The van der Waals surface area contributed by atoms with Crippen molar-refractivity contribution < 1.29 is 17.6 Å². The van der Waals surface area contributed by atoms with Gasteiger partial charge in [0, 0.05) is 6.54 Å². The quantitative estimate of drug-likeness (QED) is 0.571. The predicted octanol–water partition coefficient (Wildman–Crippen LogP) is 4.51. The summed E-state index contributed by atoms with van der Waals surface area (Å²) < 4.78 is 50.6. The minimum absolute atomic E-state index is 0.257. The number of benzene rings is 1. The van der Waals surface area contributed by atoms with Gasteiger partial charge in [-0.1, -0.05) is 26.2 Å². The number of nitrogens with one attached hydrogen (secondary N) is 1. The number of rotatable bonds is 7. The van der Waals surface area contributed by atoms with E-state index in [0.717, 1.165) is 44.4 Å². The Morgan fingerprint density at radius 2 is 1.79 bits per heavy atom.